The van der Waals surface area contributed by atoms with Crippen LogP contribution in [-0.4, -0.2) is 9.78 Å². The Labute approximate surface area is 115 Å². The van der Waals surface area contributed by atoms with Crippen LogP contribution in [0.4, 0.5) is 13.2 Å². The van der Waals surface area contributed by atoms with Gasteiger partial charge < -0.3 is 5.32 Å². The maximum absolute atomic E-state index is 12.4. The van der Waals surface area contributed by atoms with E-state index in [1.807, 2.05) is 20.0 Å². The third-order valence-corrected chi connectivity index (χ3v) is 3.02. The second-order valence-electron chi connectivity index (χ2n) is 4.70. The van der Waals surface area contributed by atoms with Crippen molar-refractivity contribution in [2.75, 3.05) is 0 Å². The lowest BCUT2D eigenvalue weighted by Gasteiger charge is -2.08. The maximum atomic E-state index is 12.4. The van der Waals surface area contributed by atoms with Gasteiger partial charge in [-0.3, -0.25) is 4.68 Å². The zero-order valence-electron chi connectivity index (χ0n) is 11.3. The topological polar surface area (TPSA) is 29.9 Å². The number of aryl methyl sites for hydroxylation is 2. The minimum absolute atomic E-state index is 0.516. The van der Waals surface area contributed by atoms with Gasteiger partial charge in [0.2, 0.25) is 0 Å². The minimum Gasteiger partial charge on any atom is -0.307 e. The molecule has 1 aromatic heterocycles. The molecular weight excluding hydrogens is 267 g/mol. The van der Waals surface area contributed by atoms with Crippen LogP contribution in [0.25, 0.3) is 0 Å². The molecule has 0 amide bonds. The van der Waals surface area contributed by atoms with Crippen LogP contribution < -0.4 is 5.32 Å². The number of nitrogens with one attached hydrogen (secondary N) is 1. The number of benzene rings is 1. The molecule has 0 radical (unpaired) electrons. The highest BCUT2D eigenvalue weighted by molar-refractivity contribution is 5.24. The van der Waals surface area contributed by atoms with Gasteiger partial charge in [0.1, 0.15) is 0 Å². The smallest absolute Gasteiger partial charge is 0.307 e. The summed E-state index contributed by atoms with van der Waals surface area (Å²) in [5.41, 5.74) is 2.17. The van der Waals surface area contributed by atoms with Crippen molar-refractivity contribution < 1.29 is 13.2 Å². The second kappa shape index (κ2) is 5.66. The van der Waals surface area contributed by atoms with Gasteiger partial charge in [0.15, 0.2) is 0 Å². The van der Waals surface area contributed by atoms with E-state index in [9.17, 15) is 13.2 Å². The van der Waals surface area contributed by atoms with Crippen molar-refractivity contribution in [2.45, 2.75) is 26.2 Å². The third-order valence-electron chi connectivity index (χ3n) is 3.02. The van der Waals surface area contributed by atoms with E-state index in [-0.39, 0.29) is 0 Å². The van der Waals surface area contributed by atoms with E-state index >= 15 is 0 Å². The Hall–Kier alpha value is -1.82. The van der Waals surface area contributed by atoms with Crippen molar-refractivity contribution in [2.24, 2.45) is 7.05 Å². The Bertz CT molecular complexity index is 570. The average Bonchev–Trinajstić information content (AvgIpc) is 2.67. The number of alkyl halides is 3. The fraction of sp³-hybridized carbons (Fsp3) is 0.357. The van der Waals surface area contributed by atoms with Gasteiger partial charge in [-0.15, -0.1) is 0 Å². The highest BCUT2D eigenvalue weighted by Gasteiger charge is 2.29. The molecule has 2 rings (SSSR count). The zero-order chi connectivity index (χ0) is 14.8. The Morgan fingerprint density at radius 3 is 2.30 bits per heavy atom. The van der Waals surface area contributed by atoms with E-state index in [0.717, 1.165) is 29.1 Å². The molecule has 0 saturated heterocycles. The largest absolute Gasteiger partial charge is 0.416 e. The molecule has 0 unspecified atom stereocenters. The monoisotopic (exact) mass is 283 g/mol. The first-order valence-corrected chi connectivity index (χ1v) is 6.22. The summed E-state index contributed by atoms with van der Waals surface area (Å²) in [5.74, 6) is 0. The van der Waals surface area contributed by atoms with Crippen LogP contribution in [0.5, 0.6) is 0 Å². The summed E-state index contributed by atoms with van der Waals surface area (Å²) in [5, 5.41) is 7.42. The van der Waals surface area contributed by atoms with E-state index in [2.05, 4.69) is 10.4 Å². The lowest BCUT2D eigenvalue weighted by molar-refractivity contribution is -0.137. The SMILES string of the molecule is Cc1cc(CNCc2ccc(C(F)(F)F)cc2)n(C)n1. The van der Waals surface area contributed by atoms with E-state index in [0.29, 0.717) is 13.1 Å². The molecule has 0 aliphatic rings. The molecule has 1 aromatic carbocycles. The molecule has 0 bridgehead atoms. The fourth-order valence-electron chi connectivity index (χ4n) is 1.98. The molecule has 1 heterocycles. The van der Waals surface area contributed by atoms with Gasteiger partial charge in [-0.25, -0.2) is 0 Å². The van der Waals surface area contributed by atoms with Crippen molar-refractivity contribution in [1.29, 1.82) is 0 Å². The van der Waals surface area contributed by atoms with Crippen LogP contribution in [0.1, 0.15) is 22.5 Å². The first-order valence-electron chi connectivity index (χ1n) is 6.22. The summed E-state index contributed by atoms with van der Waals surface area (Å²) >= 11 is 0. The van der Waals surface area contributed by atoms with E-state index in [4.69, 9.17) is 0 Å². The van der Waals surface area contributed by atoms with Crippen LogP contribution >= 0.6 is 0 Å². The molecular formula is C14H16F3N3. The van der Waals surface area contributed by atoms with Gasteiger partial charge in [0.25, 0.3) is 0 Å². The van der Waals surface area contributed by atoms with Gasteiger partial charge in [0, 0.05) is 20.1 Å². The molecule has 6 heteroatoms. The highest BCUT2D eigenvalue weighted by Crippen LogP contribution is 2.29. The first kappa shape index (κ1) is 14.6. The predicted molar refractivity (Wildman–Crippen MR) is 69.9 cm³/mol. The van der Waals surface area contributed by atoms with Gasteiger partial charge in [-0.2, -0.15) is 18.3 Å². The molecule has 0 saturated carbocycles. The van der Waals surface area contributed by atoms with Crippen LogP contribution in [-0.2, 0) is 26.3 Å². The molecule has 2 aromatic rings. The fourth-order valence-corrected chi connectivity index (χ4v) is 1.98. The molecule has 0 aliphatic heterocycles. The predicted octanol–water partition coefficient (Wildman–Crippen LogP) is 3.04. The Kier molecular flexibility index (Phi) is 4.13. The van der Waals surface area contributed by atoms with E-state index < -0.39 is 11.7 Å². The maximum Gasteiger partial charge on any atom is 0.416 e. The number of aromatic nitrogens is 2. The number of hydrogen-bond donors (Lipinski definition) is 1. The molecule has 0 fully saturated rings. The lowest BCUT2D eigenvalue weighted by atomic mass is 10.1. The normalized spacial score (nSPS) is 11.8. The number of hydrogen-bond acceptors (Lipinski definition) is 2. The van der Waals surface area contributed by atoms with E-state index in [1.165, 1.54) is 12.1 Å². The average molecular weight is 283 g/mol. The second-order valence-corrected chi connectivity index (χ2v) is 4.70. The van der Waals surface area contributed by atoms with Crippen molar-refractivity contribution in [3.63, 3.8) is 0 Å². The highest BCUT2D eigenvalue weighted by atomic mass is 19.4. The molecule has 108 valence electrons. The molecule has 0 spiro atoms. The molecule has 0 aliphatic carbocycles. The summed E-state index contributed by atoms with van der Waals surface area (Å²) in [6, 6.07) is 7.16. The molecule has 3 nitrogen and oxygen atoms in total. The van der Waals surface area contributed by atoms with Gasteiger partial charge in [-0.05, 0) is 30.7 Å². The van der Waals surface area contributed by atoms with Crippen LogP contribution in [0.2, 0.25) is 0 Å². The molecule has 20 heavy (non-hydrogen) atoms. The van der Waals surface area contributed by atoms with Gasteiger partial charge >= 0.3 is 6.18 Å². The summed E-state index contributed by atoms with van der Waals surface area (Å²) in [6.45, 7) is 3.06. The lowest BCUT2D eigenvalue weighted by Crippen LogP contribution is -2.15. The van der Waals surface area contributed by atoms with Crippen molar-refractivity contribution in [3.8, 4) is 0 Å². The minimum atomic E-state index is -4.28. The number of nitrogens with zero attached hydrogens (tertiary/aromatic N) is 2. The van der Waals surface area contributed by atoms with Crippen molar-refractivity contribution >= 4 is 0 Å². The van der Waals surface area contributed by atoms with Crippen LogP contribution in [0.15, 0.2) is 30.3 Å². The summed E-state index contributed by atoms with van der Waals surface area (Å²) < 4.78 is 39.0. The molecule has 1 N–H and O–H groups in total. The van der Waals surface area contributed by atoms with Crippen molar-refractivity contribution in [3.05, 3.63) is 52.8 Å². The Balaban J connectivity index is 1.90. The zero-order valence-corrected chi connectivity index (χ0v) is 11.3. The quantitative estimate of drug-likeness (QED) is 0.934. The number of halogens is 3. The number of rotatable bonds is 4. The van der Waals surface area contributed by atoms with E-state index in [1.54, 1.807) is 4.68 Å². The standard InChI is InChI=1S/C14H16F3N3/c1-10-7-13(20(2)19-10)9-18-8-11-3-5-12(6-4-11)14(15,16)17/h3-7,18H,8-9H2,1-2H3. The van der Waals surface area contributed by atoms with Crippen LogP contribution in [0.3, 0.4) is 0 Å². The van der Waals surface area contributed by atoms with Crippen molar-refractivity contribution in [1.82, 2.24) is 15.1 Å². The van der Waals surface area contributed by atoms with Gasteiger partial charge in [0.05, 0.1) is 17.0 Å². The third kappa shape index (κ3) is 3.60. The Morgan fingerprint density at radius 1 is 1.15 bits per heavy atom. The summed E-state index contributed by atoms with van der Waals surface area (Å²) in [4.78, 5) is 0. The summed E-state index contributed by atoms with van der Waals surface area (Å²) in [6.07, 6.45) is -4.28. The Morgan fingerprint density at radius 2 is 1.80 bits per heavy atom. The first-order chi connectivity index (χ1) is 9.36. The van der Waals surface area contributed by atoms with Crippen LogP contribution in [0, 0.1) is 6.92 Å². The molecule has 0 atom stereocenters. The summed E-state index contributed by atoms with van der Waals surface area (Å²) in [7, 11) is 1.86. The van der Waals surface area contributed by atoms with Gasteiger partial charge in [-0.1, -0.05) is 12.1 Å².